The predicted molar refractivity (Wildman–Crippen MR) is 81.5 cm³/mol. The second-order valence-corrected chi connectivity index (χ2v) is 6.37. The minimum atomic E-state index is 0.0582. The Kier molecular flexibility index (Phi) is 5.13. The summed E-state index contributed by atoms with van der Waals surface area (Å²) in [7, 11) is 0. The van der Waals surface area contributed by atoms with E-state index in [1.165, 1.54) is 12.0 Å². The van der Waals surface area contributed by atoms with Crippen LogP contribution in [0.1, 0.15) is 35.2 Å². The predicted octanol–water partition coefficient (Wildman–Crippen LogP) is 3.60. The molecule has 2 unspecified atom stereocenters. The Morgan fingerprint density at radius 3 is 2.67 bits per heavy atom. The fourth-order valence-corrected chi connectivity index (χ4v) is 3.47. The van der Waals surface area contributed by atoms with Crippen molar-refractivity contribution in [3.05, 3.63) is 35.4 Å². The largest absolute Gasteiger partial charge is 0.349 e. The zero-order valence-corrected chi connectivity index (χ0v) is 12.9. The molecule has 1 fully saturated rings. The third kappa shape index (κ3) is 3.51. The lowest BCUT2D eigenvalue weighted by atomic mass is 10.1. The minimum absolute atomic E-state index is 0.0582. The van der Waals surface area contributed by atoms with Crippen LogP contribution in [0.15, 0.2) is 24.3 Å². The minimum Gasteiger partial charge on any atom is -0.349 e. The van der Waals surface area contributed by atoms with Gasteiger partial charge in [0.2, 0.25) is 0 Å². The van der Waals surface area contributed by atoms with E-state index in [0.29, 0.717) is 11.3 Å². The molecule has 98 valence electrons. The number of halogens is 1. The van der Waals surface area contributed by atoms with Gasteiger partial charge in [0.15, 0.2) is 0 Å². The Hall–Kier alpha value is -0.480. The molecule has 1 aliphatic rings. The second kappa shape index (κ2) is 6.62. The highest BCUT2D eigenvalue weighted by molar-refractivity contribution is 9.08. The number of hydrogen-bond acceptors (Lipinski definition) is 2. The Balaban J connectivity index is 1.91. The van der Waals surface area contributed by atoms with Crippen molar-refractivity contribution in [1.29, 1.82) is 0 Å². The van der Waals surface area contributed by atoms with Gasteiger partial charge in [-0.25, -0.2) is 0 Å². The molecule has 1 saturated carbocycles. The van der Waals surface area contributed by atoms with E-state index < -0.39 is 0 Å². The smallest absolute Gasteiger partial charge is 0.251 e. The average molecular weight is 328 g/mol. The maximum Gasteiger partial charge on any atom is 0.251 e. The van der Waals surface area contributed by atoms with Crippen LogP contribution in [0.5, 0.6) is 0 Å². The topological polar surface area (TPSA) is 29.1 Å². The molecular weight excluding hydrogens is 310 g/mol. The summed E-state index contributed by atoms with van der Waals surface area (Å²) in [6, 6.07) is 8.12. The number of amides is 1. The van der Waals surface area contributed by atoms with Crippen LogP contribution in [0.2, 0.25) is 0 Å². The van der Waals surface area contributed by atoms with Gasteiger partial charge in [-0.2, -0.15) is 11.8 Å². The van der Waals surface area contributed by atoms with Gasteiger partial charge in [-0.3, -0.25) is 4.79 Å². The summed E-state index contributed by atoms with van der Waals surface area (Å²) in [6.45, 7) is 0. The molecule has 1 aromatic rings. The average Bonchev–Trinajstić information content (AvgIpc) is 2.86. The number of benzene rings is 1. The maximum absolute atomic E-state index is 12.1. The van der Waals surface area contributed by atoms with Gasteiger partial charge in [0, 0.05) is 22.2 Å². The van der Waals surface area contributed by atoms with E-state index in [0.717, 1.165) is 23.7 Å². The summed E-state index contributed by atoms with van der Waals surface area (Å²) >= 11 is 5.31. The van der Waals surface area contributed by atoms with Crippen LogP contribution in [0.25, 0.3) is 0 Å². The van der Waals surface area contributed by atoms with Crippen molar-refractivity contribution in [1.82, 2.24) is 5.32 Å². The molecule has 0 spiro atoms. The van der Waals surface area contributed by atoms with Gasteiger partial charge in [0.25, 0.3) is 5.91 Å². The van der Waals surface area contributed by atoms with Crippen LogP contribution < -0.4 is 5.32 Å². The number of thioether (sulfide) groups is 1. The van der Waals surface area contributed by atoms with Crippen molar-refractivity contribution in [3.8, 4) is 0 Å². The number of nitrogens with one attached hydrogen (secondary N) is 1. The summed E-state index contributed by atoms with van der Waals surface area (Å²) in [5.74, 6) is 0.0582. The summed E-state index contributed by atoms with van der Waals surface area (Å²) in [4.78, 5) is 12.1. The van der Waals surface area contributed by atoms with Crippen LogP contribution in [-0.4, -0.2) is 23.5 Å². The molecule has 2 nitrogen and oxygen atoms in total. The van der Waals surface area contributed by atoms with Gasteiger partial charge in [-0.1, -0.05) is 28.1 Å². The summed E-state index contributed by atoms with van der Waals surface area (Å²) in [5.41, 5.74) is 1.95. The van der Waals surface area contributed by atoms with E-state index in [1.54, 1.807) is 0 Å². The zero-order valence-electron chi connectivity index (χ0n) is 10.5. The standard InChI is InChI=1S/C14H18BrNOS/c1-18-13-7-6-12(8-13)16-14(17)11-4-2-10(9-15)3-5-11/h2-5,12-13H,6-9H2,1H3,(H,16,17). The summed E-state index contributed by atoms with van der Waals surface area (Å²) < 4.78 is 0. The van der Waals surface area contributed by atoms with Crippen molar-refractivity contribution in [2.45, 2.75) is 35.9 Å². The van der Waals surface area contributed by atoms with Crippen molar-refractivity contribution in [2.24, 2.45) is 0 Å². The molecule has 2 atom stereocenters. The monoisotopic (exact) mass is 327 g/mol. The molecule has 18 heavy (non-hydrogen) atoms. The number of carbonyl (C=O) groups is 1. The quantitative estimate of drug-likeness (QED) is 0.856. The number of alkyl halides is 1. The van der Waals surface area contributed by atoms with E-state index in [2.05, 4.69) is 27.5 Å². The van der Waals surface area contributed by atoms with Crippen LogP contribution in [0.3, 0.4) is 0 Å². The Labute approximate surface area is 121 Å². The molecule has 1 amide bonds. The molecule has 0 aromatic heterocycles. The molecule has 0 radical (unpaired) electrons. The third-order valence-electron chi connectivity index (χ3n) is 3.42. The molecule has 1 N–H and O–H groups in total. The number of rotatable bonds is 4. The highest BCUT2D eigenvalue weighted by Gasteiger charge is 2.25. The van der Waals surface area contributed by atoms with Crippen molar-refractivity contribution >= 4 is 33.6 Å². The normalized spacial score (nSPS) is 23.0. The maximum atomic E-state index is 12.1. The van der Waals surface area contributed by atoms with E-state index in [1.807, 2.05) is 36.0 Å². The molecular formula is C14H18BrNOS. The van der Waals surface area contributed by atoms with Crippen LogP contribution in [0.4, 0.5) is 0 Å². The SMILES string of the molecule is CSC1CCC(NC(=O)c2ccc(CBr)cc2)C1. The lowest BCUT2D eigenvalue weighted by Gasteiger charge is -2.13. The zero-order chi connectivity index (χ0) is 13.0. The first-order valence-electron chi connectivity index (χ1n) is 6.21. The Morgan fingerprint density at radius 2 is 2.11 bits per heavy atom. The molecule has 2 rings (SSSR count). The van der Waals surface area contributed by atoms with Gasteiger partial charge in [-0.15, -0.1) is 0 Å². The lowest BCUT2D eigenvalue weighted by molar-refractivity contribution is 0.0938. The molecule has 0 bridgehead atoms. The van der Waals surface area contributed by atoms with E-state index in [4.69, 9.17) is 0 Å². The van der Waals surface area contributed by atoms with Gasteiger partial charge in [0.1, 0.15) is 0 Å². The number of hydrogen-bond donors (Lipinski definition) is 1. The molecule has 0 heterocycles. The van der Waals surface area contributed by atoms with Crippen LogP contribution in [0, 0.1) is 0 Å². The van der Waals surface area contributed by atoms with Gasteiger partial charge in [-0.05, 0) is 43.2 Å². The fourth-order valence-electron chi connectivity index (χ4n) is 2.30. The first kappa shape index (κ1) is 13.9. The van der Waals surface area contributed by atoms with Crippen LogP contribution in [-0.2, 0) is 5.33 Å². The summed E-state index contributed by atoms with van der Waals surface area (Å²) in [5, 5.41) is 4.67. The Morgan fingerprint density at radius 1 is 1.39 bits per heavy atom. The fraction of sp³-hybridized carbons (Fsp3) is 0.500. The van der Waals surface area contributed by atoms with Gasteiger partial charge in [0.05, 0.1) is 0 Å². The molecule has 0 aliphatic heterocycles. The van der Waals surface area contributed by atoms with Crippen LogP contribution >= 0.6 is 27.7 Å². The highest BCUT2D eigenvalue weighted by Crippen LogP contribution is 2.28. The van der Waals surface area contributed by atoms with E-state index in [-0.39, 0.29) is 5.91 Å². The first-order valence-corrected chi connectivity index (χ1v) is 8.62. The lowest BCUT2D eigenvalue weighted by Crippen LogP contribution is -2.33. The molecule has 0 saturated heterocycles. The Bertz CT molecular complexity index is 407. The highest BCUT2D eigenvalue weighted by atomic mass is 79.9. The molecule has 4 heteroatoms. The molecule has 1 aromatic carbocycles. The van der Waals surface area contributed by atoms with E-state index in [9.17, 15) is 4.79 Å². The van der Waals surface area contributed by atoms with Crippen molar-refractivity contribution in [3.63, 3.8) is 0 Å². The van der Waals surface area contributed by atoms with Crippen molar-refractivity contribution in [2.75, 3.05) is 6.26 Å². The number of carbonyl (C=O) groups excluding carboxylic acids is 1. The van der Waals surface area contributed by atoms with Gasteiger partial charge < -0.3 is 5.32 Å². The summed E-state index contributed by atoms with van der Waals surface area (Å²) in [6.07, 6.45) is 5.58. The van der Waals surface area contributed by atoms with Crippen molar-refractivity contribution < 1.29 is 4.79 Å². The van der Waals surface area contributed by atoms with Gasteiger partial charge >= 0.3 is 0 Å². The van der Waals surface area contributed by atoms with E-state index >= 15 is 0 Å². The molecule has 1 aliphatic carbocycles. The first-order chi connectivity index (χ1) is 8.72. The third-order valence-corrected chi connectivity index (χ3v) is 5.17. The second-order valence-electron chi connectivity index (χ2n) is 4.67.